The third-order valence-corrected chi connectivity index (χ3v) is 5.92. The fourth-order valence-corrected chi connectivity index (χ4v) is 4.09. The Morgan fingerprint density at radius 1 is 1.15 bits per heavy atom. The molecule has 176 valence electrons. The predicted octanol–water partition coefficient (Wildman–Crippen LogP) is 3.22. The Morgan fingerprint density at radius 2 is 1.97 bits per heavy atom. The van der Waals surface area contributed by atoms with Gasteiger partial charge >= 0.3 is 0 Å². The van der Waals surface area contributed by atoms with E-state index in [-0.39, 0.29) is 5.91 Å². The van der Waals surface area contributed by atoms with Crippen molar-refractivity contribution in [2.75, 3.05) is 53.5 Å². The second-order valence-corrected chi connectivity index (χ2v) is 8.36. The third kappa shape index (κ3) is 7.48. The van der Waals surface area contributed by atoms with Crippen LogP contribution in [0.25, 0.3) is 0 Å². The Kier molecular flexibility index (Phi) is 9.55. The summed E-state index contributed by atoms with van der Waals surface area (Å²) in [6.45, 7) is 5.20. The number of hydrogen-bond donors (Lipinski definition) is 1. The molecule has 1 aliphatic rings. The molecule has 1 amide bonds. The van der Waals surface area contributed by atoms with Crippen LogP contribution in [0.4, 0.5) is 0 Å². The zero-order valence-corrected chi connectivity index (χ0v) is 19.6. The number of carbonyl (C=O) groups excluding carboxylic acids is 1. The van der Waals surface area contributed by atoms with Crippen molar-refractivity contribution in [2.45, 2.75) is 25.3 Å². The fourth-order valence-electron chi connectivity index (χ4n) is 4.09. The molecule has 1 atom stereocenters. The van der Waals surface area contributed by atoms with Gasteiger partial charge in [-0.1, -0.05) is 30.3 Å². The monoisotopic (exact) mass is 450 g/mol. The van der Waals surface area contributed by atoms with E-state index in [1.807, 2.05) is 0 Å². The van der Waals surface area contributed by atoms with E-state index in [1.165, 1.54) is 5.56 Å². The Hall–Kier alpha value is -3.08. The lowest BCUT2D eigenvalue weighted by Crippen LogP contribution is -2.47. The van der Waals surface area contributed by atoms with Gasteiger partial charge < -0.3 is 19.7 Å². The van der Waals surface area contributed by atoms with Crippen LogP contribution in [0.2, 0.25) is 0 Å². The van der Waals surface area contributed by atoms with E-state index in [1.54, 1.807) is 25.3 Å². The quantitative estimate of drug-likeness (QED) is 0.530. The number of likely N-dealkylation sites (N-methyl/N-ethyl adjacent to an activating group) is 1. The first kappa shape index (κ1) is 24.6. The Labute approximate surface area is 196 Å². The van der Waals surface area contributed by atoms with Crippen molar-refractivity contribution >= 4 is 5.91 Å². The molecule has 0 spiro atoms. The van der Waals surface area contributed by atoms with Crippen molar-refractivity contribution in [3.63, 3.8) is 0 Å². The van der Waals surface area contributed by atoms with Gasteiger partial charge in [-0.2, -0.15) is 5.26 Å². The van der Waals surface area contributed by atoms with Crippen molar-refractivity contribution < 1.29 is 14.3 Å². The molecule has 1 aliphatic heterocycles. The number of nitriles is 1. The molecule has 33 heavy (non-hydrogen) atoms. The van der Waals surface area contributed by atoms with E-state index >= 15 is 0 Å². The van der Waals surface area contributed by atoms with Crippen LogP contribution >= 0.6 is 0 Å². The normalized spacial score (nSPS) is 16.7. The van der Waals surface area contributed by atoms with Crippen molar-refractivity contribution in [1.82, 2.24) is 15.1 Å². The molecule has 0 saturated carbocycles. The number of hydrogen-bond acceptors (Lipinski definition) is 6. The lowest BCUT2D eigenvalue weighted by molar-refractivity contribution is -0.121. The van der Waals surface area contributed by atoms with Crippen molar-refractivity contribution in [3.05, 3.63) is 59.7 Å². The summed E-state index contributed by atoms with van der Waals surface area (Å²) < 4.78 is 11.0. The molecule has 2 aromatic carbocycles. The largest absolute Gasteiger partial charge is 0.493 e. The van der Waals surface area contributed by atoms with Crippen LogP contribution < -0.4 is 14.8 Å². The summed E-state index contributed by atoms with van der Waals surface area (Å²) in [6, 6.07) is 18.2. The molecule has 3 rings (SSSR count). The number of piperazine rings is 1. The molecule has 1 heterocycles. The number of carbonyl (C=O) groups is 1. The molecule has 1 unspecified atom stereocenters. The molecule has 1 N–H and O–H groups in total. The van der Waals surface area contributed by atoms with Crippen LogP contribution in [-0.4, -0.2) is 69.2 Å². The first-order chi connectivity index (χ1) is 16.1. The number of methoxy groups -OCH3 is 1. The maximum atomic E-state index is 12.2. The molecule has 0 bridgehead atoms. The molecular weight excluding hydrogens is 416 g/mol. The standard InChI is InChI=1S/C26H34N4O3/c1-29-15-16-30(23(20-29)22-8-4-3-5-9-22)14-7-13-28-26(31)10-6-17-33-24-12-11-21(19-27)18-25(24)32-2/h3-5,8-9,11-12,18,23H,6-7,10,13-17,20H2,1-2H3,(H,28,31). The SMILES string of the molecule is COc1cc(C#N)ccc1OCCCC(=O)NCCCN1CCN(C)CC1c1ccccc1. The Morgan fingerprint density at radius 3 is 2.73 bits per heavy atom. The number of amides is 1. The summed E-state index contributed by atoms with van der Waals surface area (Å²) >= 11 is 0. The summed E-state index contributed by atoms with van der Waals surface area (Å²) in [7, 11) is 3.72. The number of benzene rings is 2. The Bertz CT molecular complexity index is 929. The maximum absolute atomic E-state index is 12.2. The van der Waals surface area contributed by atoms with Crippen LogP contribution in [0, 0.1) is 11.3 Å². The first-order valence-electron chi connectivity index (χ1n) is 11.6. The molecule has 7 nitrogen and oxygen atoms in total. The van der Waals surface area contributed by atoms with Gasteiger partial charge in [-0.15, -0.1) is 0 Å². The average Bonchev–Trinajstić information content (AvgIpc) is 2.85. The second-order valence-electron chi connectivity index (χ2n) is 8.36. The molecule has 2 aromatic rings. The topological polar surface area (TPSA) is 77.8 Å². The highest BCUT2D eigenvalue weighted by Gasteiger charge is 2.25. The highest BCUT2D eigenvalue weighted by Crippen LogP contribution is 2.28. The lowest BCUT2D eigenvalue weighted by atomic mass is 10.0. The van der Waals surface area contributed by atoms with Crippen LogP contribution in [0.3, 0.4) is 0 Å². The van der Waals surface area contributed by atoms with Gasteiger partial charge in [-0.3, -0.25) is 9.69 Å². The van der Waals surface area contributed by atoms with Crippen LogP contribution in [0.15, 0.2) is 48.5 Å². The van der Waals surface area contributed by atoms with Gasteiger partial charge in [0.2, 0.25) is 5.91 Å². The second kappa shape index (κ2) is 12.8. The summed E-state index contributed by atoms with van der Waals surface area (Å²) in [6.07, 6.45) is 1.96. The van der Waals surface area contributed by atoms with Gasteiger partial charge in [0.25, 0.3) is 0 Å². The van der Waals surface area contributed by atoms with E-state index in [0.717, 1.165) is 32.6 Å². The van der Waals surface area contributed by atoms with E-state index < -0.39 is 0 Å². The zero-order valence-electron chi connectivity index (χ0n) is 19.6. The summed E-state index contributed by atoms with van der Waals surface area (Å²) in [5.41, 5.74) is 1.87. The minimum absolute atomic E-state index is 0.0448. The Balaban J connectivity index is 1.34. The van der Waals surface area contributed by atoms with Crippen molar-refractivity contribution in [3.8, 4) is 17.6 Å². The number of nitrogens with zero attached hydrogens (tertiary/aromatic N) is 3. The predicted molar refractivity (Wildman–Crippen MR) is 128 cm³/mol. The molecule has 0 aromatic heterocycles. The van der Waals surface area contributed by atoms with Gasteiger partial charge in [-0.25, -0.2) is 0 Å². The van der Waals surface area contributed by atoms with Crippen LogP contribution in [0.5, 0.6) is 11.5 Å². The number of nitrogens with one attached hydrogen (secondary N) is 1. The molecule has 1 fully saturated rings. The molecule has 1 saturated heterocycles. The molecule has 7 heteroatoms. The highest BCUT2D eigenvalue weighted by molar-refractivity contribution is 5.75. The summed E-state index contributed by atoms with van der Waals surface area (Å²) in [5, 5.41) is 12.0. The van der Waals surface area contributed by atoms with E-state index in [0.29, 0.717) is 49.1 Å². The minimum Gasteiger partial charge on any atom is -0.493 e. The van der Waals surface area contributed by atoms with Gasteiger partial charge in [0.15, 0.2) is 11.5 Å². The number of ether oxygens (including phenoxy) is 2. The van der Waals surface area contributed by atoms with Gasteiger partial charge in [0.1, 0.15) is 0 Å². The van der Waals surface area contributed by atoms with Crippen LogP contribution in [0.1, 0.15) is 36.4 Å². The minimum atomic E-state index is 0.0448. The zero-order chi connectivity index (χ0) is 23.5. The van der Waals surface area contributed by atoms with Crippen molar-refractivity contribution in [2.24, 2.45) is 0 Å². The van der Waals surface area contributed by atoms with Crippen molar-refractivity contribution in [1.29, 1.82) is 5.26 Å². The van der Waals surface area contributed by atoms with Gasteiger partial charge in [0, 0.05) is 51.3 Å². The summed E-state index contributed by atoms with van der Waals surface area (Å²) in [4.78, 5) is 17.1. The fraction of sp³-hybridized carbons (Fsp3) is 0.462. The van der Waals surface area contributed by atoms with E-state index in [9.17, 15) is 4.79 Å². The number of rotatable bonds is 11. The first-order valence-corrected chi connectivity index (χ1v) is 11.6. The lowest BCUT2D eigenvalue weighted by Gasteiger charge is -2.40. The van der Waals surface area contributed by atoms with Gasteiger partial charge in [0.05, 0.1) is 25.3 Å². The molecule has 0 radical (unpaired) electrons. The van der Waals surface area contributed by atoms with E-state index in [4.69, 9.17) is 14.7 Å². The molecule has 0 aliphatic carbocycles. The maximum Gasteiger partial charge on any atom is 0.220 e. The average molecular weight is 451 g/mol. The molecular formula is C26H34N4O3. The third-order valence-electron chi connectivity index (χ3n) is 5.92. The summed E-state index contributed by atoms with van der Waals surface area (Å²) in [5.74, 6) is 1.15. The van der Waals surface area contributed by atoms with Crippen LogP contribution in [-0.2, 0) is 4.79 Å². The van der Waals surface area contributed by atoms with E-state index in [2.05, 4.69) is 58.6 Å². The van der Waals surface area contributed by atoms with Gasteiger partial charge in [-0.05, 0) is 37.6 Å². The smallest absolute Gasteiger partial charge is 0.220 e. The highest BCUT2D eigenvalue weighted by atomic mass is 16.5.